The molecule has 2 aromatic rings. The van der Waals surface area contributed by atoms with Crippen LogP contribution >= 0.6 is 0 Å². The third-order valence-electron chi connectivity index (χ3n) is 6.44. The van der Waals surface area contributed by atoms with E-state index in [2.05, 4.69) is 10.1 Å². The number of aromatic hydroxyl groups is 1. The molecule has 3 unspecified atom stereocenters. The minimum atomic E-state index is -5.00. The average molecular weight is 492 g/mol. The number of rotatable bonds is 7. The lowest BCUT2D eigenvalue weighted by atomic mass is 9.85. The van der Waals surface area contributed by atoms with E-state index in [4.69, 9.17) is 10.5 Å². The van der Waals surface area contributed by atoms with Crippen molar-refractivity contribution in [1.29, 1.82) is 0 Å². The molecule has 0 bridgehead atoms. The molecule has 11 heteroatoms. The predicted molar refractivity (Wildman–Crippen MR) is 116 cm³/mol. The molecular weight excluding hydrogens is 469 g/mol. The van der Waals surface area contributed by atoms with Crippen LogP contribution in [0.5, 0.6) is 11.5 Å². The molecule has 35 heavy (non-hydrogen) atoms. The Morgan fingerprint density at radius 2 is 1.94 bits per heavy atom. The molecule has 2 aromatic carbocycles. The Morgan fingerprint density at radius 1 is 1.23 bits per heavy atom. The molecular formula is C24H23F3N2O6. The van der Waals surface area contributed by atoms with Gasteiger partial charge in [-0.1, -0.05) is 12.1 Å². The minimum Gasteiger partial charge on any atom is -0.508 e. The number of alkyl halides is 3. The summed E-state index contributed by atoms with van der Waals surface area (Å²) < 4.78 is 48.1. The Bertz CT molecular complexity index is 1150. The van der Waals surface area contributed by atoms with Gasteiger partial charge in [0.25, 0.3) is 0 Å². The Hall–Kier alpha value is -3.60. The largest absolute Gasteiger partial charge is 0.573 e. The number of nitrogens with one attached hydrogen (secondary N) is 1. The number of benzene rings is 2. The molecule has 1 aliphatic carbocycles. The van der Waals surface area contributed by atoms with E-state index in [0.29, 0.717) is 24.8 Å². The predicted octanol–water partition coefficient (Wildman–Crippen LogP) is 2.72. The summed E-state index contributed by atoms with van der Waals surface area (Å²) in [4.78, 5) is 38.4. The van der Waals surface area contributed by atoms with E-state index >= 15 is 0 Å². The molecule has 1 aliphatic heterocycles. The second kappa shape index (κ2) is 9.21. The Balaban J connectivity index is 1.76. The van der Waals surface area contributed by atoms with Gasteiger partial charge in [-0.05, 0) is 67.1 Å². The van der Waals surface area contributed by atoms with Crippen LogP contribution < -0.4 is 15.8 Å². The third-order valence-corrected chi connectivity index (χ3v) is 6.44. The van der Waals surface area contributed by atoms with Crippen molar-refractivity contribution in [3.63, 3.8) is 0 Å². The first kappa shape index (κ1) is 24.5. The number of amides is 2. The van der Waals surface area contributed by atoms with Crippen LogP contribution in [-0.4, -0.2) is 47.3 Å². The summed E-state index contributed by atoms with van der Waals surface area (Å²) in [6.07, 6.45) is -3.95. The number of ketones is 1. The number of ether oxygens (including phenoxy) is 2. The summed E-state index contributed by atoms with van der Waals surface area (Å²) in [7, 11) is 0. The first-order chi connectivity index (χ1) is 16.5. The van der Waals surface area contributed by atoms with Crippen molar-refractivity contribution in [3.05, 3.63) is 59.2 Å². The monoisotopic (exact) mass is 492 g/mol. The summed E-state index contributed by atoms with van der Waals surface area (Å²) in [5.74, 6) is -3.74. The van der Waals surface area contributed by atoms with E-state index < -0.39 is 41.5 Å². The molecule has 0 radical (unpaired) electrons. The highest BCUT2D eigenvalue weighted by Gasteiger charge is 2.55. The number of hydrogen-bond acceptors (Lipinski definition) is 6. The summed E-state index contributed by atoms with van der Waals surface area (Å²) in [6.45, 7) is -0.144. The maximum atomic E-state index is 13.6. The van der Waals surface area contributed by atoms with Crippen LogP contribution in [0.2, 0.25) is 0 Å². The number of Topliss-reactive ketones (excluding diaryl/α,β-unsaturated/α-hetero) is 1. The number of carbonyl (C=O) groups excluding carboxylic acids is 3. The molecule has 2 aliphatic rings. The molecule has 3 atom stereocenters. The minimum absolute atomic E-state index is 0.0189. The van der Waals surface area contributed by atoms with Crippen LogP contribution in [0, 0.1) is 0 Å². The van der Waals surface area contributed by atoms with E-state index in [1.807, 2.05) is 0 Å². The van der Waals surface area contributed by atoms with Crippen molar-refractivity contribution in [3.8, 4) is 11.5 Å². The molecule has 4 N–H and O–H groups in total. The normalized spacial score (nSPS) is 22.5. The fourth-order valence-electron chi connectivity index (χ4n) is 4.81. The molecule has 1 saturated carbocycles. The van der Waals surface area contributed by atoms with Crippen LogP contribution in [0.15, 0.2) is 42.5 Å². The summed E-state index contributed by atoms with van der Waals surface area (Å²) in [6, 6.07) is 8.81. The zero-order chi connectivity index (χ0) is 25.4. The lowest BCUT2D eigenvalue weighted by Crippen LogP contribution is -2.57. The van der Waals surface area contributed by atoms with E-state index in [1.54, 1.807) is 0 Å². The van der Waals surface area contributed by atoms with E-state index in [9.17, 15) is 32.7 Å². The summed E-state index contributed by atoms with van der Waals surface area (Å²) >= 11 is 0. The van der Waals surface area contributed by atoms with Crippen molar-refractivity contribution in [2.45, 2.75) is 49.6 Å². The average Bonchev–Trinajstić information content (AvgIpc) is 3.31. The Kier molecular flexibility index (Phi) is 6.46. The van der Waals surface area contributed by atoms with Crippen LogP contribution in [0.3, 0.4) is 0 Å². The van der Waals surface area contributed by atoms with Gasteiger partial charge in [-0.2, -0.15) is 0 Å². The molecule has 1 heterocycles. The number of nitrogens with two attached hydrogens (primary N) is 1. The van der Waals surface area contributed by atoms with Crippen molar-refractivity contribution in [2.24, 2.45) is 5.73 Å². The summed E-state index contributed by atoms with van der Waals surface area (Å²) in [5, 5.41) is 12.4. The first-order valence-corrected chi connectivity index (χ1v) is 10.9. The van der Waals surface area contributed by atoms with Gasteiger partial charge in [-0.3, -0.25) is 14.4 Å². The van der Waals surface area contributed by atoms with Crippen LogP contribution in [-0.2, 0) is 20.7 Å². The van der Waals surface area contributed by atoms with Crippen molar-refractivity contribution < 1.29 is 42.1 Å². The van der Waals surface area contributed by atoms with E-state index in [-0.39, 0.29) is 35.7 Å². The number of carbonyl (C=O) groups is 3. The third kappa shape index (κ3) is 5.09. The lowest BCUT2D eigenvalue weighted by Gasteiger charge is -2.30. The fourth-order valence-corrected chi connectivity index (χ4v) is 4.81. The highest BCUT2D eigenvalue weighted by molar-refractivity contribution is 6.00. The lowest BCUT2D eigenvalue weighted by molar-refractivity contribution is -0.274. The van der Waals surface area contributed by atoms with Gasteiger partial charge in [0.2, 0.25) is 11.8 Å². The smallest absolute Gasteiger partial charge is 0.508 e. The molecule has 1 saturated heterocycles. The molecule has 2 amide bonds. The fraction of sp³-hybridized carbons (Fsp3) is 0.375. The highest BCUT2D eigenvalue weighted by atomic mass is 19.4. The number of hydrogen-bond donors (Lipinski definition) is 3. The van der Waals surface area contributed by atoms with E-state index in [1.165, 1.54) is 24.3 Å². The topological polar surface area (TPSA) is 128 Å². The Morgan fingerprint density at radius 3 is 2.60 bits per heavy atom. The maximum Gasteiger partial charge on any atom is 0.573 e. The second-order valence-electron chi connectivity index (χ2n) is 8.66. The zero-order valence-electron chi connectivity index (χ0n) is 18.4. The molecule has 4 rings (SSSR count). The SMILES string of the molecule is NC(=O)c1ccc(OC(F)(F)F)cc1C(Cc1ccc(O)cc1)C(=O)NC12CCCC1OCC2=O. The molecule has 2 fully saturated rings. The highest BCUT2D eigenvalue weighted by Crippen LogP contribution is 2.39. The van der Waals surface area contributed by atoms with Gasteiger partial charge in [0.05, 0.1) is 12.0 Å². The Labute approximate surface area is 198 Å². The van der Waals surface area contributed by atoms with Crippen LogP contribution in [0.25, 0.3) is 0 Å². The standard InChI is InChI=1S/C24H23F3N2O6/c25-24(26,27)35-15-7-8-16(21(28)32)17(11-15)18(10-13-3-5-14(30)6-4-13)22(33)29-23-9-1-2-20(23)34-12-19(23)31/h3-8,11,18,20,30H,1-2,9-10,12H2,(H2,28,32)(H,29,33). The summed E-state index contributed by atoms with van der Waals surface area (Å²) in [5.41, 5.74) is 4.56. The number of halogens is 3. The quantitative estimate of drug-likeness (QED) is 0.545. The number of primary amides is 1. The number of phenolic OH excluding ortho intramolecular Hbond substituents is 1. The van der Waals surface area contributed by atoms with Gasteiger partial charge >= 0.3 is 6.36 Å². The van der Waals surface area contributed by atoms with Gasteiger partial charge in [-0.15, -0.1) is 13.2 Å². The van der Waals surface area contributed by atoms with Gasteiger partial charge in [-0.25, -0.2) is 0 Å². The van der Waals surface area contributed by atoms with Gasteiger partial charge in [0.15, 0.2) is 5.78 Å². The van der Waals surface area contributed by atoms with E-state index in [0.717, 1.165) is 18.2 Å². The molecule has 186 valence electrons. The first-order valence-electron chi connectivity index (χ1n) is 10.9. The van der Waals surface area contributed by atoms with Gasteiger partial charge in [0, 0.05) is 5.56 Å². The van der Waals surface area contributed by atoms with Crippen molar-refractivity contribution in [2.75, 3.05) is 6.61 Å². The number of phenols is 1. The molecule has 0 spiro atoms. The second-order valence-corrected chi connectivity index (χ2v) is 8.66. The van der Waals surface area contributed by atoms with Gasteiger partial charge in [0.1, 0.15) is 23.6 Å². The maximum absolute atomic E-state index is 13.6. The van der Waals surface area contributed by atoms with Crippen LogP contribution in [0.1, 0.15) is 46.7 Å². The van der Waals surface area contributed by atoms with Crippen molar-refractivity contribution >= 4 is 17.6 Å². The molecule has 0 aromatic heterocycles. The van der Waals surface area contributed by atoms with Crippen LogP contribution in [0.4, 0.5) is 13.2 Å². The zero-order valence-corrected chi connectivity index (χ0v) is 18.4. The van der Waals surface area contributed by atoms with Crippen molar-refractivity contribution in [1.82, 2.24) is 5.32 Å². The van der Waals surface area contributed by atoms with Gasteiger partial charge < -0.3 is 25.6 Å². The molecule has 8 nitrogen and oxygen atoms in total. The number of fused-ring (bicyclic) bond motifs is 1.